The van der Waals surface area contributed by atoms with E-state index in [0.717, 1.165) is 25.7 Å². The van der Waals surface area contributed by atoms with Gasteiger partial charge in [0.25, 0.3) is 0 Å². The summed E-state index contributed by atoms with van der Waals surface area (Å²) in [5, 5.41) is 0. The lowest BCUT2D eigenvalue weighted by molar-refractivity contribution is -0.0256. The standard InChI is InChI=1S/C15H28O2/c1-7-9-13(2)10-8-11-15(4,5)17-12-14(3)16-6/h9H,3,7-8,10-12H2,1-2,4-6H3/b13-9+. The average Bonchev–Trinajstić information content (AvgIpc) is 2.26. The molecule has 0 spiro atoms. The Kier molecular flexibility index (Phi) is 7.98. The number of ether oxygens (including phenoxy) is 2. The van der Waals surface area contributed by atoms with Crippen LogP contribution in [-0.4, -0.2) is 19.3 Å². The van der Waals surface area contributed by atoms with Gasteiger partial charge in [-0.25, -0.2) is 0 Å². The van der Waals surface area contributed by atoms with Gasteiger partial charge in [0, 0.05) is 0 Å². The Bertz CT molecular complexity index is 252. The van der Waals surface area contributed by atoms with E-state index >= 15 is 0 Å². The van der Waals surface area contributed by atoms with Crippen LogP contribution in [0.1, 0.15) is 53.4 Å². The average molecular weight is 240 g/mol. The summed E-state index contributed by atoms with van der Waals surface area (Å²) in [6.45, 7) is 12.8. The summed E-state index contributed by atoms with van der Waals surface area (Å²) >= 11 is 0. The van der Waals surface area contributed by atoms with Crippen molar-refractivity contribution in [2.24, 2.45) is 0 Å². The van der Waals surface area contributed by atoms with Crippen molar-refractivity contribution in [3.05, 3.63) is 24.0 Å². The Morgan fingerprint density at radius 1 is 1.35 bits per heavy atom. The van der Waals surface area contributed by atoms with E-state index in [1.54, 1.807) is 7.11 Å². The minimum Gasteiger partial charge on any atom is -0.499 e. The molecule has 0 rings (SSSR count). The Labute approximate surface area is 107 Å². The molecule has 2 nitrogen and oxygen atoms in total. The fourth-order valence-corrected chi connectivity index (χ4v) is 1.65. The maximum Gasteiger partial charge on any atom is 0.114 e. The molecule has 0 saturated carbocycles. The molecule has 0 saturated heterocycles. The van der Waals surface area contributed by atoms with Gasteiger partial charge in [-0.1, -0.05) is 25.2 Å². The van der Waals surface area contributed by atoms with E-state index in [1.165, 1.54) is 5.57 Å². The normalized spacial score (nSPS) is 12.6. The van der Waals surface area contributed by atoms with Crippen LogP contribution in [0.2, 0.25) is 0 Å². The molecule has 0 fully saturated rings. The Morgan fingerprint density at radius 3 is 2.53 bits per heavy atom. The van der Waals surface area contributed by atoms with Crippen molar-refractivity contribution in [3.8, 4) is 0 Å². The molecule has 100 valence electrons. The zero-order valence-corrected chi connectivity index (χ0v) is 12.1. The number of allylic oxidation sites excluding steroid dienone is 2. The first-order valence-corrected chi connectivity index (χ1v) is 6.42. The summed E-state index contributed by atoms with van der Waals surface area (Å²) in [4.78, 5) is 0. The second-order valence-electron chi connectivity index (χ2n) is 5.10. The molecule has 0 radical (unpaired) electrons. The van der Waals surface area contributed by atoms with Gasteiger partial charge >= 0.3 is 0 Å². The van der Waals surface area contributed by atoms with E-state index in [9.17, 15) is 0 Å². The molecule has 0 aromatic carbocycles. The van der Waals surface area contributed by atoms with Crippen LogP contribution in [0.4, 0.5) is 0 Å². The number of rotatable bonds is 9. The van der Waals surface area contributed by atoms with Crippen LogP contribution >= 0.6 is 0 Å². The summed E-state index contributed by atoms with van der Waals surface area (Å²) in [7, 11) is 1.62. The predicted molar refractivity (Wildman–Crippen MR) is 74.1 cm³/mol. The van der Waals surface area contributed by atoms with Crippen LogP contribution in [0.15, 0.2) is 24.0 Å². The van der Waals surface area contributed by atoms with Gasteiger partial charge in [-0.3, -0.25) is 0 Å². The highest BCUT2D eigenvalue weighted by molar-refractivity contribution is 4.97. The topological polar surface area (TPSA) is 18.5 Å². The van der Waals surface area contributed by atoms with Crippen LogP contribution in [0.5, 0.6) is 0 Å². The quantitative estimate of drug-likeness (QED) is 0.437. The molecule has 0 aromatic heterocycles. The van der Waals surface area contributed by atoms with Gasteiger partial charge < -0.3 is 9.47 Å². The van der Waals surface area contributed by atoms with Crippen LogP contribution < -0.4 is 0 Å². The first kappa shape index (κ1) is 16.2. The van der Waals surface area contributed by atoms with Crippen LogP contribution in [0.3, 0.4) is 0 Å². The monoisotopic (exact) mass is 240 g/mol. The van der Waals surface area contributed by atoms with Crippen molar-refractivity contribution >= 4 is 0 Å². The smallest absolute Gasteiger partial charge is 0.114 e. The largest absolute Gasteiger partial charge is 0.499 e. The molecule has 2 heteroatoms. The molecule has 0 aliphatic rings. The highest BCUT2D eigenvalue weighted by atomic mass is 16.5. The lowest BCUT2D eigenvalue weighted by Crippen LogP contribution is -2.25. The Balaban J connectivity index is 3.85. The summed E-state index contributed by atoms with van der Waals surface area (Å²) in [6, 6.07) is 0. The van der Waals surface area contributed by atoms with Gasteiger partial charge in [0.15, 0.2) is 0 Å². The number of hydrogen-bond donors (Lipinski definition) is 0. The second kappa shape index (κ2) is 8.35. The van der Waals surface area contributed by atoms with E-state index in [4.69, 9.17) is 9.47 Å². The van der Waals surface area contributed by atoms with E-state index < -0.39 is 0 Å². The van der Waals surface area contributed by atoms with Crippen molar-refractivity contribution in [2.75, 3.05) is 13.7 Å². The number of methoxy groups -OCH3 is 1. The van der Waals surface area contributed by atoms with E-state index in [2.05, 4.69) is 40.3 Å². The highest BCUT2D eigenvalue weighted by Gasteiger charge is 2.18. The van der Waals surface area contributed by atoms with Gasteiger partial charge in [0.05, 0.1) is 12.7 Å². The lowest BCUT2D eigenvalue weighted by atomic mass is 9.99. The first-order valence-electron chi connectivity index (χ1n) is 6.42. The van der Waals surface area contributed by atoms with Gasteiger partial charge in [-0.15, -0.1) is 0 Å². The van der Waals surface area contributed by atoms with Crippen molar-refractivity contribution in [3.63, 3.8) is 0 Å². The van der Waals surface area contributed by atoms with Gasteiger partial charge in [-0.05, 0) is 46.5 Å². The molecule has 0 aliphatic heterocycles. The summed E-state index contributed by atoms with van der Waals surface area (Å²) in [6.07, 6.45) is 6.79. The zero-order valence-electron chi connectivity index (χ0n) is 12.1. The zero-order chi connectivity index (χ0) is 13.3. The fraction of sp³-hybridized carbons (Fsp3) is 0.733. The molecular weight excluding hydrogens is 212 g/mol. The first-order chi connectivity index (χ1) is 7.91. The van der Waals surface area contributed by atoms with E-state index in [0.29, 0.717) is 12.4 Å². The molecular formula is C15H28O2. The minimum atomic E-state index is -0.103. The third-order valence-electron chi connectivity index (χ3n) is 2.82. The predicted octanol–water partition coefficient (Wildman–Crippen LogP) is 4.47. The second-order valence-corrected chi connectivity index (χ2v) is 5.10. The molecule has 17 heavy (non-hydrogen) atoms. The van der Waals surface area contributed by atoms with Gasteiger partial charge in [0.1, 0.15) is 12.4 Å². The molecule has 0 N–H and O–H groups in total. The third-order valence-corrected chi connectivity index (χ3v) is 2.82. The molecule has 0 atom stereocenters. The molecule has 0 unspecified atom stereocenters. The van der Waals surface area contributed by atoms with Crippen LogP contribution in [0, 0.1) is 0 Å². The molecule has 0 amide bonds. The van der Waals surface area contributed by atoms with Gasteiger partial charge in [0.2, 0.25) is 0 Å². The molecule has 0 heterocycles. The maximum atomic E-state index is 5.78. The molecule has 0 aromatic rings. The molecule has 0 bridgehead atoms. The van der Waals surface area contributed by atoms with E-state index in [1.807, 2.05) is 0 Å². The van der Waals surface area contributed by atoms with E-state index in [-0.39, 0.29) is 5.60 Å². The number of hydrogen-bond acceptors (Lipinski definition) is 2. The van der Waals surface area contributed by atoms with Gasteiger partial charge in [-0.2, -0.15) is 0 Å². The molecule has 0 aliphatic carbocycles. The maximum absolute atomic E-state index is 5.78. The van der Waals surface area contributed by atoms with Crippen LogP contribution in [-0.2, 0) is 9.47 Å². The third kappa shape index (κ3) is 8.99. The Morgan fingerprint density at radius 2 is 2.00 bits per heavy atom. The SMILES string of the molecule is C=C(COC(C)(C)CCC/C(C)=C/CC)OC. The van der Waals surface area contributed by atoms with Crippen molar-refractivity contribution in [1.29, 1.82) is 0 Å². The lowest BCUT2D eigenvalue weighted by Gasteiger charge is -2.25. The Hall–Kier alpha value is -0.760. The minimum absolute atomic E-state index is 0.103. The summed E-state index contributed by atoms with van der Waals surface area (Å²) in [5.41, 5.74) is 1.37. The van der Waals surface area contributed by atoms with Crippen LogP contribution in [0.25, 0.3) is 0 Å². The highest BCUT2D eigenvalue weighted by Crippen LogP contribution is 2.20. The van der Waals surface area contributed by atoms with Crippen molar-refractivity contribution in [2.45, 2.75) is 59.0 Å². The van der Waals surface area contributed by atoms with Crippen molar-refractivity contribution < 1.29 is 9.47 Å². The summed E-state index contributed by atoms with van der Waals surface area (Å²) in [5.74, 6) is 0.681. The fourth-order valence-electron chi connectivity index (χ4n) is 1.65. The summed E-state index contributed by atoms with van der Waals surface area (Å²) < 4.78 is 10.8. The van der Waals surface area contributed by atoms with Crippen molar-refractivity contribution in [1.82, 2.24) is 0 Å².